The van der Waals surface area contributed by atoms with E-state index >= 15 is 4.39 Å². The maximum absolute atomic E-state index is 15.0. The molecule has 0 aliphatic heterocycles. The summed E-state index contributed by atoms with van der Waals surface area (Å²) in [6.45, 7) is 1.78. The number of methoxy groups -OCH3 is 1. The van der Waals surface area contributed by atoms with E-state index < -0.39 is 17.2 Å². The summed E-state index contributed by atoms with van der Waals surface area (Å²) in [5.74, 6) is 0.134. The summed E-state index contributed by atoms with van der Waals surface area (Å²) in [5, 5.41) is 9.37. The van der Waals surface area contributed by atoms with E-state index in [-0.39, 0.29) is 6.10 Å². The molecule has 0 bridgehead atoms. The van der Waals surface area contributed by atoms with E-state index in [0.717, 1.165) is 5.56 Å². The fourth-order valence-electron chi connectivity index (χ4n) is 4.36. The molecule has 8 nitrogen and oxygen atoms in total. The monoisotopic (exact) mass is 476 g/mol. The number of nitrogens with one attached hydrogen (secondary N) is 1. The summed E-state index contributed by atoms with van der Waals surface area (Å²) in [5.41, 5.74) is 2.23. The van der Waals surface area contributed by atoms with Crippen LogP contribution >= 0.6 is 0 Å². The summed E-state index contributed by atoms with van der Waals surface area (Å²) < 4.78 is 26.1. The molecule has 0 radical (unpaired) electrons. The summed E-state index contributed by atoms with van der Waals surface area (Å²) in [6, 6.07) is 12.0. The Labute approximate surface area is 201 Å². The van der Waals surface area contributed by atoms with Crippen molar-refractivity contribution in [1.82, 2.24) is 19.9 Å². The molecule has 0 amide bonds. The number of hydrogen-bond donors (Lipinski definition) is 2. The first-order chi connectivity index (χ1) is 16.8. The van der Waals surface area contributed by atoms with Gasteiger partial charge < -0.3 is 19.6 Å². The normalized spacial score (nSPS) is 20.0. The number of aromatic amines is 1. The highest BCUT2D eigenvalue weighted by Crippen LogP contribution is 2.37. The molecule has 1 saturated carbocycles. The number of carboxylic acids is 1. The third-order valence-corrected chi connectivity index (χ3v) is 6.66. The number of carboxylic acid groups (broad SMARTS) is 1. The van der Waals surface area contributed by atoms with Crippen LogP contribution in [0.5, 0.6) is 11.8 Å². The Morgan fingerprint density at radius 1 is 1.09 bits per heavy atom. The Hall–Kier alpha value is -4.01. The molecule has 2 N–H and O–H groups in total. The molecule has 1 aliphatic carbocycles. The third kappa shape index (κ3) is 4.53. The Kier molecular flexibility index (Phi) is 5.84. The molecular weight excluding hydrogens is 451 g/mol. The largest absolute Gasteiger partial charge is 0.481 e. The standard InChI is InChI=1S/C26H25FN4O4/c1-26(25(32)33)11-9-17(10-12-26)35-21-7-4-16(14-28-21)15-3-5-18(19(27)13-15)23-29-20-6-8-22(34-2)30-24(20)31-23/h3-8,13-14,17H,9-12H2,1-2H3,(H,32,33)(H,29,30,31)/t17-,26+. The number of H-pyrrole nitrogens is 1. The maximum atomic E-state index is 15.0. The number of halogens is 1. The lowest BCUT2D eigenvalue weighted by Crippen LogP contribution is -2.36. The second-order valence-electron chi connectivity index (χ2n) is 9.07. The number of fused-ring (bicyclic) bond motifs is 1. The van der Waals surface area contributed by atoms with Crippen LogP contribution in [-0.4, -0.2) is 44.2 Å². The third-order valence-electron chi connectivity index (χ3n) is 6.66. The predicted octanol–water partition coefficient (Wildman–Crippen LogP) is 5.25. The van der Waals surface area contributed by atoms with E-state index in [1.54, 1.807) is 37.4 Å². The van der Waals surface area contributed by atoms with Gasteiger partial charge in [0.25, 0.3) is 0 Å². The molecule has 180 valence electrons. The van der Waals surface area contributed by atoms with Crippen LogP contribution in [0.15, 0.2) is 48.7 Å². The Morgan fingerprint density at radius 2 is 1.83 bits per heavy atom. The minimum absolute atomic E-state index is 0.0595. The summed E-state index contributed by atoms with van der Waals surface area (Å²) in [4.78, 5) is 27.6. The van der Waals surface area contributed by atoms with Gasteiger partial charge in [-0.25, -0.2) is 14.4 Å². The van der Waals surface area contributed by atoms with Crippen molar-refractivity contribution >= 4 is 17.1 Å². The Balaban J connectivity index is 1.29. The number of benzene rings is 1. The maximum Gasteiger partial charge on any atom is 0.309 e. The van der Waals surface area contributed by atoms with Crippen molar-refractivity contribution in [2.45, 2.75) is 38.7 Å². The van der Waals surface area contributed by atoms with E-state index in [1.165, 1.54) is 13.2 Å². The zero-order valence-electron chi connectivity index (χ0n) is 19.4. The van der Waals surface area contributed by atoms with Crippen LogP contribution in [0.1, 0.15) is 32.6 Å². The highest BCUT2D eigenvalue weighted by Gasteiger charge is 2.38. The molecule has 5 rings (SSSR count). The topological polar surface area (TPSA) is 110 Å². The number of pyridine rings is 2. The van der Waals surface area contributed by atoms with E-state index in [2.05, 4.69) is 19.9 Å². The highest BCUT2D eigenvalue weighted by molar-refractivity contribution is 5.77. The number of ether oxygens (including phenoxy) is 2. The number of aliphatic carboxylic acids is 1. The van der Waals surface area contributed by atoms with Gasteiger partial charge >= 0.3 is 5.97 Å². The molecule has 1 aliphatic rings. The van der Waals surface area contributed by atoms with Crippen LogP contribution in [-0.2, 0) is 4.79 Å². The second-order valence-corrected chi connectivity index (χ2v) is 9.07. The molecular formula is C26H25FN4O4. The van der Waals surface area contributed by atoms with Crippen molar-refractivity contribution < 1.29 is 23.8 Å². The first kappa shape index (κ1) is 22.8. The van der Waals surface area contributed by atoms with E-state index in [0.29, 0.717) is 65.6 Å². The van der Waals surface area contributed by atoms with Gasteiger partial charge in [0.05, 0.1) is 18.1 Å². The molecule has 1 fully saturated rings. The van der Waals surface area contributed by atoms with Crippen LogP contribution < -0.4 is 9.47 Å². The molecule has 35 heavy (non-hydrogen) atoms. The van der Waals surface area contributed by atoms with E-state index in [1.807, 2.05) is 12.1 Å². The van der Waals surface area contributed by atoms with Gasteiger partial charge in [0.2, 0.25) is 11.8 Å². The van der Waals surface area contributed by atoms with E-state index in [9.17, 15) is 9.90 Å². The summed E-state index contributed by atoms with van der Waals surface area (Å²) in [7, 11) is 1.53. The lowest BCUT2D eigenvalue weighted by molar-refractivity contribution is -0.150. The number of carbonyl (C=O) groups is 1. The van der Waals surface area contributed by atoms with E-state index in [4.69, 9.17) is 9.47 Å². The van der Waals surface area contributed by atoms with Crippen LogP contribution in [0.25, 0.3) is 33.7 Å². The first-order valence-corrected chi connectivity index (χ1v) is 11.4. The van der Waals surface area contributed by atoms with Crippen LogP contribution in [0, 0.1) is 11.2 Å². The van der Waals surface area contributed by atoms with Gasteiger partial charge in [0, 0.05) is 23.9 Å². The Bertz CT molecular complexity index is 1380. The summed E-state index contributed by atoms with van der Waals surface area (Å²) in [6.07, 6.45) is 4.07. The smallest absolute Gasteiger partial charge is 0.309 e. The minimum atomic E-state index is -0.756. The molecule has 3 aromatic heterocycles. The van der Waals surface area contributed by atoms with Crippen LogP contribution in [0.4, 0.5) is 4.39 Å². The fraction of sp³-hybridized carbons (Fsp3) is 0.308. The van der Waals surface area contributed by atoms with Crippen molar-refractivity contribution in [2.75, 3.05) is 7.11 Å². The molecule has 0 spiro atoms. The molecule has 0 atom stereocenters. The second kappa shape index (κ2) is 8.98. The zero-order valence-corrected chi connectivity index (χ0v) is 19.4. The number of imidazole rings is 1. The van der Waals surface area contributed by atoms with Gasteiger partial charge in [-0.1, -0.05) is 6.07 Å². The van der Waals surface area contributed by atoms with Gasteiger partial charge in [0.1, 0.15) is 23.3 Å². The number of nitrogens with zero attached hydrogens (tertiary/aromatic N) is 3. The van der Waals surface area contributed by atoms with Crippen LogP contribution in [0.2, 0.25) is 0 Å². The van der Waals surface area contributed by atoms with Crippen molar-refractivity contribution in [3.05, 3.63) is 54.5 Å². The molecule has 1 aromatic carbocycles. The number of hydrogen-bond acceptors (Lipinski definition) is 6. The quantitative estimate of drug-likeness (QED) is 0.391. The van der Waals surface area contributed by atoms with Crippen molar-refractivity contribution in [2.24, 2.45) is 5.41 Å². The van der Waals surface area contributed by atoms with Gasteiger partial charge in [0.15, 0.2) is 5.65 Å². The fourth-order valence-corrected chi connectivity index (χ4v) is 4.36. The van der Waals surface area contributed by atoms with Gasteiger partial charge in [-0.05, 0) is 62.4 Å². The number of aromatic nitrogens is 4. The highest BCUT2D eigenvalue weighted by atomic mass is 19.1. The summed E-state index contributed by atoms with van der Waals surface area (Å²) >= 11 is 0. The Morgan fingerprint density at radius 3 is 2.49 bits per heavy atom. The molecule has 0 saturated heterocycles. The molecule has 0 unspecified atom stereocenters. The predicted molar refractivity (Wildman–Crippen MR) is 128 cm³/mol. The van der Waals surface area contributed by atoms with Gasteiger partial charge in [-0.3, -0.25) is 4.79 Å². The molecule has 3 heterocycles. The minimum Gasteiger partial charge on any atom is -0.481 e. The SMILES string of the molecule is COc1ccc2nc(-c3ccc(-c4ccc(O[C@H]5CC[C@@](C)(C(=O)O)CC5)nc4)cc3F)[nH]c2n1. The van der Waals surface area contributed by atoms with Crippen molar-refractivity contribution in [3.63, 3.8) is 0 Å². The van der Waals surface area contributed by atoms with Gasteiger partial charge in [-0.2, -0.15) is 4.98 Å². The van der Waals surface area contributed by atoms with Crippen LogP contribution in [0.3, 0.4) is 0 Å². The molecule has 9 heteroatoms. The van der Waals surface area contributed by atoms with Crippen molar-refractivity contribution in [1.29, 1.82) is 0 Å². The zero-order chi connectivity index (χ0) is 24.6. The van der Waals surface area contributed by atoms with Crippen molar-refractivity contribution in [3.8, 4) is 34.3 Å². The number of rotatable bonds is 6. The molecule has 4 aromatic rings. The lowest BCUT2D eigenvalue weighted by Gasteiger charge is -2.33. The van der Waals surface area contributed by atoms with Gasteiger partial charge in [-0.15, -0.1) is 0 Å². The lowest BCUT2D eigenvalue weighted by atomic mass is 9.75. The average Bonchev–Trinajstić information content (AvgIpc) is 3.29. The average molecular weight is 477 g/mol. The first-order valence-electron chi connectivity index (χ1n) is 11.4.